The molecule has 0 bridgehead atoms. The molecule has 28 heavy (non-hydrogen) atoms. The molecule has 2 aromatic heterocycles. The maximum atomic E-state index is 12.9. The molecule has 4 rings (SSSR count). The van der Waals surface area contributed by atoms with E-state index in [1.807, 2.05) is 61.5 Å². The number of fused-ring (bicyclic) bond motifs is 1. The topological polar surface area (TPSA) is 82.4 Å². The van der Waals surface area contributed by atoms with Gasteiger partial charge in [-0.25, -0.2) is 9.97 Å². The molecule has 5 nitrogen and oxygen atoms in total. The highest BCUT2D eigenvalue weighted by atomic mass is 16.1. The van der Waals surface area contributed by atoms with Crippen LogP contribution in [-0.4, -0.2) is 20.7 Å². The zero-order valence-electron chi connectivity index (χ0n) is 15.2. The Kier molecular flexibility index (Phi) is 4.53. The van der Waals surface area contributed by atoms with Gasteiger partial charge in [0.2, 0.25) is 5.78 Å². The Balaban J connectivity index is 1.65. The minimum absolute atomic E-state index is 0.0394. The summed E-state index contributed by atoms with van der Waals surface area (Å²) in [6.45, 7) is 1.99. The first-order chi connectivity index (χ1) is 13.7. The van der Waals surface area contributed by atoms with Crippen LogP contribution in [-0.2, 0) is 0 Å². The van der Waals surface area contributed by atoms with Crippen molar-refractivity contribution in [2.24, 2.45) is 0 Å². The molecule has 2 aromatic carbocycles. The molecule has 0 saturated carbocycles. The predicted octanol–water partition coefficient (Wildman–Crippen LogP) is 4.72. The molecule has 0 spiro atoms. The van der Waals surface area contributed by atoms with E-state index in [2.05, 4.69) is 15.0 Å². The number of Topliss-reactive ketones (excluding diaryl/α,β-unsaturated/α-hetero) is 1. The van der Waals surface area contributed by atoms with Gasteiger partial charge in [-0.2, -0.15) is 5.26 Å². The number of nitriles is 1. The fourth-order valence-corrected chi connectivity index (χ4v) is 3.04. The van der Waals surface area contributed by atoms with E-state index < -0.39 is 0 Å². The zero-order chi connectivity index (χ0) is 19.5. The molecule has 0 aliphatic carbocycles. The van der Waals surface area contributed by atoms with Crippen LogP contribution in [0.2, 0.25) is 0 Å². The molecular weight excluding hydrogens is 348 g/mol. The highest BCUT2D eigenvalue weighted by molar-refractivity contribution is 6.19. The van der Waals surface area contributed by atoms with E-state index >= 15 is 0 Å². The lowest BCUT2D eigenvalue weighted by Crippen LogP contribution is -2.01. The highest BCUT2D eigenvalue weighted by Crippen LogP contribution is 2.23. The van der Waals surface area contributed by atoms with Crippen LogP contribution in [0.3, 0.4) is 0 Å². The summed E-state index contributed by atoms with van der Waals surface area (Å²) < 4.78 is 0. The first-order valence-corrected chi connectivity index (χ1v) is 8.77. The van der Waals surface area contributed by atoms with Crippen LogP contribution in [0.5, 0.6) is 0 Å². The number of carbonyl (C=O) groups is 1. The molecule has 0 saturated heterocycles. The third-order valence-corrected chi connectivity index (χ3v) is 4.46. The van der Waals surface area contributed by atoms with E-state index in [-0.39, 0.29) is 11.4 Å². The smallest absolute Gasteiger partial charge is 0.205 e. The number of carbonyl (C=O) groups excluding carboxylic acids is 1. The second-order valence-corrected chi connectivity index (χ2v) is 6.46. The number of allylic oxidation sites excluding steroid dienone is 1. The van der Waals surface area contributed by atoms with Gasteiger partial charge in [-0.3, -0.25) is 4.79 Å². The van der Waals surface area contributed by atoms with E-state index in [9.17, 15) is 10.1 Å². The van der Waals surface area contributed by atoms with Crippen LogP contribution in [0.1, 0.15) is 21.5 Å². The SMILES string of the molecule is Cc1ccc2c(C(=O)C(C#N)=Cc3cnc(-c4ccccc4)nc3)c[nH]c2c1. The molecule has 1 N–H and O–H groups in total. The number of nitrogens with one attached hydrogen (secondary N) is 1. The Hall–Kier alpha value is -4.04. The van der Waals surface area contributed by atoms with Crippen LogP contribution in [0.25, 0.3) is 28.4 Å². The maximum absolute atomic E-state index is 12.9. The number of nitrogens with zero attached hydrogens (tertiary/aromatic N) is 3. The van der Waals surface area contributed by atoms with Crippen molar-refractivity contribution in [2.45, 2.75) is 6.92 Å². The van der Waals surface area contributed by atoms with Gasteiger partial charge in [0.05, 0.1) is 0 Å². The van der Waals surface area contributed by atoms with Crippen molar-refractivity contribution in [2.75, 3.05) is 0 Å². The molecule has 2 heterocycles. The quantitative estimate of drug-likeness (QED) is 0.323. The van der Waals surface area contributed by atoms with E-state index in [0.29, 0.717) is 17.0 Å². The van der Waals surface area contributed by atoms with Gasteiger partial charge in [-0.15, -0.1) is 0 Å². The number of H-pyrrole nitrogens is 1. The maximum Gasteiger partial charge on any atom is 0.205 e. The van der Waals surface area contributed by atoms with Gasteiger partial charge in [0.15, 0.2) is 5.82 Å². The Morgan fingerprint density at radius 3 is 2.57 bits per heavy atom. The Morgan fingerprint density at radius 1 is 1.11 bits per heavy atom. The van der Waals surface area contributed by atoms with Crippen LogP contribution < -0.4 is 0 Å². The molecular formula is C23H16N4O. The fourth-order valence-electron chi connectivity index (χ4n) is 3.04. The normalized spacial score (nSPS) is 11.4. The third-order valence-electron chi connectivity index (χ3n) is 4.46. The Morgan fingerprint density at radius 2 is 1.86 bits per heavy atom. The molecule has 0 unspecified atom stereocenters. The van der Waals surface area contributed by atoms with Crippen LogP contribution in [0.4, 0.5) is 0 Å². The summed E-state index contributed by atoms with van der Waals surface area (Å²) in [5.41, 5.74) is 3.99. The minimum atomic E-state index is -0.329. The van der Waals surface area contributed by atoms with Gasteiger partial charge in [0.1, 0.15) is 11.6 Å². The van der Waals surface area contributed by atoms with Crippen LogP contribution >= 0.6 is 0 Å². The largest absolute Gasteiger partial charge is 0.360 e. The lowest BCUT2D eigenvalue weighted by Gasteiger charge is -2.01. The van der Waals surface area contributed by atoms with Gasteiger partial charge >= 0.3 is 0 Å². The summed E-state index contributed by atoms with van der Waals surface area (Å²) >= 11 is 0. The summed E-state index contributed by atoms with van der Waals surface area (Å²) in [5, 5.41) is 10.3. The molecule has 0 fully saturated rings. The summed E-state index contributed by atoms with van der Waals surface area (Å²) in [7, 11) is 0. The van der Waals surface area contributed by atoms with Crippen molar-refractivity contribution < 1.29 is 4.79 Å². The standard InChI is InChI=1S/C23H16N4O/c1-15-7-8-19-20(14-25-21(19)9-15)22(28)18(11-24)10-16-12-26-23(27-13-16)17-5-3-2-4-6-17/h2-10,12-14,25H,1H3. The second kappa shape index (κ2) is 7.29. The second-order valence-electron chi connectivity index (χ2n) is 6.46. The monoisotopic (exact) mass is 364 g/mol. The van der Waals surface area contributed by atoms with E-state index in [1.54, 1.807) is 18.6 Å². The molecule has 134 valence electrons. The number of benzene rings is 2. The Bertz CT molecular complexity index is 1230. The average Bonchev–Trinajstić information content (AvgIpc) is 3.15. The number of hydrogen-bond donors (Lipinski definition) is 1. The van der Waals surface area contributed by atoms with Gasteiger partial charge in [-0.1, -0.05) is 42.5 Å². The first-order valence-electron chi connectivity index (χ1n) is 8.77. The van der Waals surface area contributed by atoms with E-state index in [4.69, 9.17) is 0 Å². The van der Waals surface area contributed by atoms with Crippen molar-refractivity contribution in [3.8, 4) is 17.5 Å². The number of aromatic nitrogens is 3. The summed E-state index contributed by atoms with van der Waals surface area (Å²) in [5.74, 6) is 0.263. The fraction of sp³-hybridized carbons (Fsp3) is 0.0435. The molecule has 0 aliphatic rings. The molecule has 0 amide bonds. The van der Waals surface area contributed by atoms with E-state index in [1.165, 1.54) is 6.08 Å². The summed E-state index contributed by atoms with van der Waals surface area (Å²) in [6.07, 6.45) is 6.38. The number of aryl methyl sites for hydroxylation is 1. The number of hydrogen-bond acceptors (Lipinski definition) is 4. The molecule has 0 atom stereocenters. The van der Waals surface area contributed by atoms with Crippen LogP contribution in [0, 0.1) is 18.3 Å². The summed E-state index contributed by atoms with van der Waals surface area (Å²) in [6, 6.07) is 17.4. The Labute approximate surface area is 162 Å². The van der Waals surface area contributed by atoms with Crippen molar-refractivity contribution >= 4 is 22.8 Å². The van der Waals surface area contributed by atoms with E-state index in [0.717, 1.165) is 22.0 Å². The van der Waals surface area contributed by atoms with Gasteiger partial charge < -0.3 is 4.98 Å². The average molecular weight is 364 g/mol. The van der Waals surface area contributed by atoms with Crippen molar-refractivity contribution in [3.63, 3.8) is 0 Å². The lowest BCUT2D eigenvalue weighted by atomic mass is 10.0. The predicted molar refractivity (Wildman–Crippen MR) is 108 cm³/mol. The minimum Gasteiger partial charge on any atom is -0.360 e. The molecule has 0 aliphatic heterocycles. The molecule has 0 radical (unpaired) electrons. The van der Waals surface area contributed by atoms with Gasteiger partial charge in [-0.05, 0) is 24.6 Å². The first kappa shape index (κ1) is 17.4. The van der Waals surface area contributed by atoms with Crippen molar-refractivity contribution in [1.29, 1.82) is 5.26 Å². The summed E-state index contributed by atoms with van der Waals surface area (Å²) in [4.78, 5) is 24.6. The zero-order valence-corrected chi connectivity index (χ0v) is 15.2. The van der Waals surface area contributed by atoms with Crippen molar-refractivity contribution in [1.82, 2.24) is 15.0 Å². The van der Waals surface area contributed by atoms with Crippen LogP contribution in [0.15, 0.2) is 72.7 Å². The van der Waals surface area contributed by atoms with Crippen molar-refractivity contribution in [3.05, 3.63) is 89.4 Å². The molecule has 4 aromatic rings. The lowest BCUT2D eigenvalue weighted by molar-refractivity contribution is 0.104. The van der Waals surface area contributed by atoms with Gasteiger partial charge in [0, 0.05) is 46.2 Å². The number of ketones is 1. The van der Waals surface area contributed by atoms with Gasteiger partial charge in [0.25, 0.3) is 0 Å². The molecule has 5 heteroatoms. The third kappa shape index (κ3) is 3.31. The highest BCUT2D eigenvalue weighted by Gasteiger charge is 2.17. The number of rotatable bonds is 4. The number of aromatic amines is 1.